The molecule has 0 atom stereocenters. The van der Waals surface area contributed by atoms with Crippen molar-refractivity contribution in [1.29, 1.82) is 0 Å². The first-order valence-corrected chi connectivity index (χ1v) is 7.51. The number of H-pyrrole nitrogens is 1. The lowest BCUT2D eigenvalue weighted by molar-refractivity contribution is 0.420. The van der Waals surface area contributed by atoms with Gasteiger partial charge in [0.1, 0.15) is 5.82 Å². The van der Waals surface area contributed by atoms with Gasteiger partial charge >= 0.3 is 0 Å². The summed E-state index contributed by atoms with van der Waals surface area (Å²) < 4.78 is 0. The summed E-state index contributed by atoms with van der Waals surface area (Å²) in [7, 11) is 0. The summed E-state index contributed by atoms with van der Waals surface area (Å²) in [5.74, 6) is 2.07. The first kappa shape index (κ1) is 11.9. The van der Waals surface area contributed by atoms with Gasteiger partial charge in [-0.3, -0.25) is 4.79 Å². The lowest BCUT2D eigenvalue weighted by atomic mass is 9.80. The number of rotatable bonds is 3. The fourth-order valence-electron chi connectivity index (χ4n) is 2.84. The zero-order valence-corrected chi connectivity index (χ0v) is 11.4. The van der Waals surface area contributed by atoms with E-state index in [9.17, 15) is 4.79 Å². The van der Waals surface area contributed by atoms with E-state index in [2.05, 4.69) is 34.2 Å². The molecule has 0 amide bonds. The second-order valence-electron chi connectivity index (χ2n) is 6.04. The van der Waals surface area contributed by atoms with Gasteiger partial charge in [-0.2, -0.15) is 0 Å². The fraction of sp³-hybridized carbons (Fsp3) is 0.412. The van der Waals surface area contributed by atoms with Gasteiger partial charge in [-0.05, 0) is 37.2 Å². The van der Waals surface area contributed by atoms with Crippen LogP contribution in [0.3, 0.4) is 0 Å². The summed E-state index contributed by atoms with van der Waals surface area (Å²) >= 11 is 0. The van der Waals surface area contributed by atoms with Crippen LogP contribution in [0.1, 0.15) is 55.3 Å². The Labute approximate surface area is 118 Å². The topological polar surface area (TPSA) is 45.8 Å². The van der Waals surface area contributed by atoms with Crippen LogP contribution in [-0.2, 0) is 0 Å². The van der Waals surface area contributed by atoms with Gasteiger partial charge in [0.05, 0.1) is 5.69 Å². The Balaban J connectivity index is 1.67. The van der Waals surface area contributed by atoms with Crippen LogP contribution in [0, 0.1) is 0 Å². The van der Waals surface area contributed by atoms with Crippen LogP contribution < -0.4 is 5.56 Å². The Kier molecular flexibility index (Phi) is 2.72. The minimum Gasteiger partial charge on any atom is -0.310 e. The molecule has 3 nitrogen and oxygen atoms in total. The number of benzene rings is 1. The van der Waals surface area contributed by atoms with Crippen LogP contribution >= 0.6 is 0 Å². The minimum atomic E-state index is -0.0417. The number of nitrogens with one attached hydrogen (secondary N) is 1. The van der Waals surface area contributed by atoms with E-state index in [4.69, 9.17) is 0 Å². The molecule has 2 aliphatic rings. The van der Waals surface area contributed by atoms with E-state index < -0.39 is 0 Å². The first-order chi connectivity index (χ1) is 9.79. The zero-order chi connectivity index (χ0) is 13.5. The van der Waals surface area contributed by atoms with Crippen molar-refractivity contribution in [2.75, 3.05) is 0 Å². The van der Waals surface area contributed by atoms with Gasteiger partial charge in [-0.25, -0.2) is 4.98 Å². The van der Waals surface area contributed by atoms with Crippen molar-refractivity contribution >= 4 is 0 Å². The van der Waals surface area contributed by atoms with Gasteiger partial charge in [0.15, 0.2) is 0 Å². The monoisotopic (exact) mass is 266 g/mol. The van der Waals surface area contributed by atoms with Gasteiger partial charge < -0.3 is 4.98 Å². The van der Waals surface area contributed by atoms with E-state index in [0.29, 0.717) is 5.92 Å². The van der Waals surface area contributed by atoms with Crippen LogP contribution in [0.5, 0.6) is 0 Å². The molecule has 1 N–H and O–H groups in total. The molecular formula is C17H18N2O. The van der Waals surface area contributed by atoms with Crippen LogP contribution in [-0.4, -0.2) is 9.97 Å². The predicted molar refractivity (Wildman–Crippen MR) is 78.9 cm³/mol. The van der Waals surface area contributed by atoms with Gasteiger partial charge in [-0.15, -0.1) is 0 Å². The first-order valence-electron chi connectivity index (χ1n) is 7.51. The molecule has 2 aromatic rings. The third kappa shape index (κ3) is 2.17. The second-order valence-corrected chi connectivity index (χ2v) is 6.04. The second kappa shape index (κ2) is 4.58. The minimum absolute atomic E-state index is 0.0417. The molecule has 1 heterocycles. The lowest BCUT2D eigenvalue weighted by Gasteiger charge is -2.25. The molecule has 0 bridgehead atoms. The molecule has 4 rings (SSSR count). The van der Waals surface area contributed by atoms with Crippen molar-refractivity contribution in [1.82, 2.24) is 9.97 Å². The molecule has 0 saturated heterocycles. The molecule has 3 heteroatoms. The summed E-state index contributed by atoms with van der Waals surface area (Å²) in [5, 5.41) is 0. The van der Waals surface area contributed by atoms with E-state index in [1.54, 1.807) is 6.07 Å². The van der Waals surface area contributed by atoms with E-state index in [-0.39, 0.29) is 5.56 Å². The van der Waals surface area contributed by atoms with Crippen LogP contribution in [0.4, 0.5) is 0 Å². The third-order valence-electron chi connectivity index (χ3n) is 4.51. The average Bonchev–Trinajstić information content (AvgIpc) is 3.21. The SMILES string of the molecule is O=c1cc(-c2ccc(C3CCC3)cc2)nc(C2CC2)[nH]1. The molecule has 102 valence electrons. The highest BCUT2D eigenvalue weighted by Gasteiger charge is 2.26. The molecule has 2 fully saturated rings. The van der Waals surface area contributed by atoms with E-state index in [1.807, 2.05) is 0 Å². The maximum Gasteiger partial charge on any atom is 0.251 e. The highest BCUT2D eigenvalue weighted by molar-refractivity contribution is 5.59. The summed E-state index contributed by atoms with van der Waals surface area (Å²) in [5.41, 5.74) is 3.23. The Hall–Kier alpha value is -1.90. The summed E-state index contributed by atoms with van der Waals surface area (Å²) in [6.07, 6.45) is 6.27. The molecule has 0 unspecified atom stereocenters. The third-order valence-corrected chi connectivity index (χ3v) is 4.51. The normalized spacial score (nSPS) is 18.8. The van der Waals surface area contributed by atoms with Crippen molar-refractivity contribution in [2.24, 2.45) is 0 Å². The summed E-state index contributed by atoms with van der Waals surface area (Å²) in [6.45, 7) is 0. The van der Waals surface area contributed by atoms with Crippen molar-refractivity contribution in [2.45, 2.75) is 43.9 Å². The fourth-order valence-corrected chi connectivity index (χ4v) is 2.84. The van der Waals surface area contributed by atoms with Crippen molar-refractivity contribution < 1.29 is 0 Å². The van der Waals surface area contributed by atoms with E-state index in [1.165, 1.54) is 24.8 Å². The van der Waals surface area contributed by atoms with E-state index >= 15 is 0 Å². The smallest absolute Gasteiger partial charge is 0.251 e. The molecule has 1 aromatic heterocycles. The maximum absolute atomic E-state index is 11.8. The van der Waals surface area contributed by atoms with Crippen LogP contribution in [0.2, 0.25) is 0 Å². The number of hydrogen-bond donors (Lipinski definition) is 1. The Morgan fingerprint density at radius 1 is 1.00 bits per heavy atom. The average molecular weight is 266 g/mol. The van der Waals surface area contributed by atoms with Crippen molar-refractivity contribution in [3.05, 3.63) is 52.1 Å². The van der Waals surface area contributed by atoms with Gasteiger partial charge in [0.25, 0.3) is 5.56 Å². The van der Waals surface area contributed by atoms with Gasteiger partial charge in [0, 0.05) is 17.5 Å². The Morgan fingerprint density at radius 2 is 1.75 bits per heavy atom. The molecular weight excluding hydrogens is 248 g/mol. The molecule has 1 aromatic carbocycles. The van der Waals surface area contributed by atoms with Crippen LogP contribution in [0.25, 0.3) is 11.3 Å². The summed E-state index contributed by atoms with van der Waals surface area (Å²) in [6, 6.07) is 10.2. The molecule has 20 heavy (non-hydrogen) atoms. The number of aromatic nitrogens is 2. The van der Waals surface area contributed by atoms with Crippen molar-refractivity contribution in [3.63, 3.8) is 0 Å². The highest BCUT2D eigenvalue weighted by atomic mass is 16.1. The zero-order valence-electron chi connectivity index (χ0n) is 11.4. The van der Waals surface area contributed by atoms with E-state index in [0.717, 1.165) is 35.8 Å². The largest absolute Gasteiger partial charge is 0.310 e. The Bertz CT molecular complexity index is 679. The summed E-state index contributed by atoms with van der Waals surface area (Å²) in [4.78, 5) is 19.2. The standard InChI is InChI=1S/C17H18N2O/c20-16-10-15(18-17(19-16)14-8-9-14)13-6-4-12(5-7-13)11-2-1-3-11/h4-7,10-11,14H,1-3,8-9H2,(H,18,19,20). The van der Waals surface area contributed by atoms with Gasteiger partial charge in [0.2, 0.25) is 0 Å². The lowest BCUT2D eigenvalue weighted by Crippen LogP contribution is -2.10. The molecule has 0 radical (unpaired) electrons. The van der Waals surface area contributed by atoms with Crippen molar-refractivity contribution in [3.8, 4) is 11.3 Å². The van der Waals surface area contributed by atoms with Gasteiger partial charge in [-0.1, -0.05) is 30.7 Å². The number of aromatic amines is 1. The Morgan fingerprint density at radius 3 is 2.35 bits per heavy atom. The quantitative estimate of drug-likeness (QED) is 0.923. The maximum atomic E-state index is 11.8. The predicted octanol–water partition coefficient (Wildman–Crippen LogP) is 3.58. The highest BCUT2D eigenvalue weighted by Crippen LogP contribution is 2.38. The number of nitrogens with zero attached hydrogens (tertiary/aromatic N) is 1. The molecule has 2 aliphatic carbocycles. The molecule has 0 spiro atoms. The molecule has 2 saturated carbocycles. The van der Waals surface area contributed by atoms with Crippen LogP contribution in [0.15, 0.2) is 35.1 Å². The number of hydrogen-bond acceptors (Lipinski definition) is 2. The molecule has 0 aliphatic heterocycles.